The number of hydrogen-bond acceptors (Lipinski definition) is 10. The summed E-state index contributed by atoms with van der Waals surface area (Å²) in [5.74, 6) is -2.20. The van der Waals surface area contributed by atoms with Gasteiger partial charge in [-0.25, -0.2) is 0 Å². The van der Waals surface area contributed by atoms with Crippen molar-refractivity contribution in [3.8, 4) is 0 Å². The summed E-state index contributed by atoms with van der Waals surface area (Å²) in [5.41, 5.74) is -0.602. The maximum atomic E-state index is 12.9. The highest BCUT2D eigenvalue weighted by molar-refractivity contribution is 5.86. The summed E-state index contributed by atoms with van der Waals surface area (Å²) < 4.78 is 17.0. The van der Waals surface area contributed by atoms with Gasteiger partial charge in [-0.05, 0) is 45.4 Å². The lowest BCUT2D eigenvalue weighted by molar-refractivity contribution is -0.229. The van der Waals surface area contributed by atoms with Gasteiger partial charge in [-0.15, -0.1) is 0 Å². The topological polar surface area (TPSA) is 158 Å². The Bertz CT molecular complexity index is 674. The normalized spacial score (nSPS) is 45.9. The zero-order chi connectivity index (χ0) is 24.9. The van der Waals surface area contributed by atoms with Gasteiger partial charge in [-0.2, -0.15) is 0 Å². The highest BCUT2D eigenvalue weighted by Crippen LogP contribution is 2.39. The summed E-state index contributed by atoms with van der Waals surface area (Å²) in [7, 11) is 1.53. The SMILES string of the molecule is CO[C@]1(C)CC([C@H]2CCC(O)CC/C(=N\O)C(C)C(O)C(O)COC(=O)C2C)OC(C)[C@@H]1O. The molecule has 192 valence electrons. The molecule has 0 amide bonds. The van der Waals surface area contributed by atoms with Gasteiger partial charge < -0.3 is 39.8 Å². The van der Waals surface area contributed by atoms with Gasteiger partial charge in [0.15, 0.2) is 0 Å². The first-order chi connectivity index (χ1) is 15.4. The van der Waals surface area contributed by atoms with E-state index in [1.54, 1.807) is 27.7 Å². The number of carbonyl (C=O) groups excluding carboxylic acids is 1. The molecule has 0 bridgehead atoms. The number of methoxy groups -OCH3 is 1. The molecule has 2 aliphatic rings. The Morgan fingerprint density at radius 2 is 1.73 bits per heavy atom. The van der Waals surface area contributed by atoms with Crippen molar-refractivity contribution in [3.05, 3.63) is 0 Å². The van der Waals surface area contributed by atoms with Crippen LogP contribution in [-0.4, -0.2) is 93.3 Å². The summed E-state index contributed by atoms with van der Waals surface area (Å²) >= 11 is 0. The molecule has 33 heavy (non-hydrogen) atoms. The van der Waals surface area contributed by atoms with E-state index in [1.165, 1.54) is 7.11 Å². The Hall–Kier alpha value is -1.30. The Morgan fingerprint density at radius 3 is 2.33 bits per heavy atom. The third-order valence-electron chi connectivity index (χ3n) is 7.55. The Kier molecular flexibility index (Phi) is 10.1. The van der Waals surface area contributed by atoms with Crippen LogP contribution in [0.2, 0.25) is 0 Å². The number of aliphatic hydroxyl groups is 4. The van der Waals surface area contributed by atoms with Gasteiger partial charge in [0, 0.05) is 19.4 Å². The molecule has 0 spiro atoms. The predicted molar refractivity (Wildman–Crippen MR) is 119 cm³/mol. The third-order valence-corrected chi connectivity index (χ3v) is 7.55. The van der Waals surface area contributed by atoms with E-state index in [0.29, 0.717) is 25.7 Å². The lowest BCUT2D eigenvalue weighted by Crippen LogP contribution is -2.58. The van der Waals surface area contributed by atoms with Gasteiger partial charge in [-0.3, -0.25) is 4.79 Å². The van der Waals surface area contributed by atoms with Gasteiger partial charge in [0.2, 0.25) is 0 Å². The van der Waals surface area contributed by atoms with Crippen LogP contribution in [0.5, 0.6) is 0 Å². The molecule has 2 fully saturated rings. The fourth-order valence-corrected chi connectivity index (χ4v) is 4.94. The molecule has 0 aliphatic carbocycles. The van der Waals surface area contributed by atoms with E-state index in [2.05, 4.69) is 5.16 Å². The molecule has 0 radical (unpaired) electrons. The monoisotopic (exact) mass is 475 g/mol. The first kappa shape index (κ1) is 27.9. The molecular formula is C23H41NO9. The summed E-state index contributed by atoms with van der Waals surface area (Å²) in [6, 6.07) is 0. The molecule has 2 saturated heterocycles. The number of rotatable bonds is 2. The van der Waals surface area contributed by atoms with Crippen molar-refractivity contribution in [2.24, 2.45) is 22.9 Å². The molecule has 0 aromatic rings. The minimum atomic E-state index is -1.36. The van der Waals surface area contributed by atoms with Crippen LogP contribution in [0.1, 0.15) is 59.8 Å². The highest BCUT2D eigenvalue weighted by atomic mass is 16.6. The zero-order valence-corrected chi connectivity index (χ0v) is 20.3. The van der Waals surface area contributed by atoms with E-state index in [1.807, 2.05) is 0 Å². The Labute approximate surface area is 195 Å². The molecule has 5 N–H and O–H groups in total. The van der Waals surface area contributed by atoms with Gasteiger partial charge >= 0.3 is 5.97 Å². The molecule has 7 unspecified atom stereocenters. The number of ether oxygens (including phenoxy) is 3. The van der Waals surface area contributed by atoms with Crippen LogP contribution >= 0.6 is 0 Å². The number of oxime groups is 1. The number of esters is 1. The number of carbonyl (C=O) groups is 1. The van der Waals surface area contributed by atoms with Crippen LogP contribution < -0.4 is 0 Å². The molecule has 2 aliphatic heterocycles. The molecule has 10 heteroatoms. The maximum Gasteiger partial charge on any atom is 0.309 e. The lowest BCUT2D eigenvalue weighted by atomic mass is 9.76. The number of hydrogen-bond donors (Lipinski definition) is 5. The minimum absolute atomic E-state index is 0.244. The third kappa shape index (κ3) is 6.64. The maximum absolute atomic E-state index is 12.9. The molecule has 10 nitrogen and oxygen atoms in total. The van der Waals surface area contributed by atoms with Crippen molar-refractivity contribution in [2.45, 2.75) is 102 Å². The first-order valence-electron chi connectivity index (χ1n) is 11.8. The van der Waals surface area contributed by atoms with Crippen molar-refractivity contribution in [1.82, 2.24) is 0 Å². The molecule has 2 heterocycles. The van der Waals surface area contributed by atoms with Crippen LogP contribution in [-0.2, 0) is 19.0 Å². The van der Waals surface area contributed by atoms with Gasteiger partial charge in [0.25, 0.3) is 0 Å². The number of aliphatic hydroxyl groups excluding tert-OH is 4. The smallest absolute Gasteiger partial charge is 0.309 e. The average molecular weight is 476 g/mol. The van der Waals surface area contributed by atoms with E-state index in [0.717, 1.165) is 0 Å². The van der Waals surface area contributed by atoms with Crippen molar-refractivity contribution in [1.29, 1.82) is 0 Å². The standard InChI is InChI=1S/C23H41NO9/c1-12-16(19-10-23(4,31-5)21(28)14(3)33-19)8-6-15(25)7-9-17(24-30)13(2)20(27)18(26)11-32-22(12)29/h12-16,18-21,25-28,30H,6-11H2,1-5H3/b24-17+/t12?,13?,14?,15?,16-,18?,19?,20?,21-,23+/m0/s1. The van der Waals surface area contributed by atoms with Crippen molar-refractivity contribution >= 4 is 11.7 Å². The molecule has 0 saturated carbocycles. The summed E-state index contributed by atoms with van der Waals surface area (Å²) in [6.07, 6.45) is -3.45. The fraction of sp³-hybridized carbons (Fsp3) is 0.913. The minimum Gasteiger partial charge on any atom is -0.463 e. The number of nitrogens with zero attached hydrogens (tertiary/aromatic N) is 1. The molecule has 0 aromatic heterocycles. The molecular weight excluding hydrogens is 434 g/mol. The summed E-state index contributed by atoms with van der Waals surface area (Å²) in [4.78, 5) is 12.9. The quantitative estimate of drug-likeness (QED) is 0.222. The number of cyclic esters (lactones) is 1. The van der Waals surface area contributed by atoms with Crippen LogP contribution in [0, 0.1) is 17.8 Å². The van der Waals surface area contributed by atoms with Crippen LogP contribution in [0.15, 0.2) is 5.16 Å². The summed E-state index contributed by atoms with van der Waals surface area (Å²) in [6.45, 7) is 6.48. The van der Waals surface area contributed by atoms with E-state index >= 15 is 0 Å². The highest BCUT2D eigenvalue weighted by Gasteiger charge is 2.48. The molecule has 10 atom stereocenters. The van der Waals surface area contributed by atoms with Crippen molar-refractivity contribution < 1.29 is 44.6 Å². The fourth-order valence-electron chi connectivity index (χ4n) is 4.94. The van der Waals surface area contributed by atoms with E-state index in [4.69, 9.17) is 14.2 Å². The van der Waals surface area contributed by atoms with E-state index < -0.39 is 66.6 Å². The second kappa shape index (κ2) is 11.9. The Balaban J connectivity index is 2.28. The molecule has 2 rings (SSSR count). The van der Waals surface area contributed by atoms with Crippen molar-refractivity contribution in [2.75, 3.05) is 13.7 Å². The second-order valence-corrected chi connectivity index (χ2v) is 9.84. The zero-order valence-electron chi connectivity index (χ0n) is 20.3. The lowest BCUT2D eigenvalue weighted by Gasteiger charge is -2.47. The van der Waals surface area contributed by atoms with Gasteiger partial charge in [0.1, 0.15) is 18.8 Å². The van der Waals surface area contributed by atoms with Gasteiger partial charge in [-0.1, -0.05) is 19.0 Å². The largest absolute Gasteiger partial charge is 0.463 e. The average Bonchev–Trinajstić information content (AvgIpc) is 2.79. The second-order valence-electron chi connectivity index (χ2n) is 9.84. The Morgan fingerprint density at radius 1 is 1.06 bits per heavy atom. The first-order valence-corrected chi connectivity index (χ1v) is 11.8. The predicted octanol–water partition coefficient (Wildman–Crippen LogP) is 0.848. The van der Waals surface area contributed by atoms with Crippen LogP contribution in [0.4, 0.5) is 0 Å². The van der Waals surface area contributed by atoms with Crippen LogP contribution in [0.3, 0.4) is 0 Å². The van der Waals surface area contributed by atoms with E-state index in [9.17, 15) is 30.4 Å². The molecule has 0 aromatic carbocycles. The van der Waals surface area contributed by atoms with Crippen LogP contribution in [0.25, 0.3) is 0 Å². The van der Waals surface area contributed by atoms with Gasteiger partial charge in [0.05, 0.1) is 41.6 Å². The van der Waals surface area contributed by atoms with E-state index in [-0.39, 0.29) is 18.1 Å². The van der Waals surface area contributed by atoms with Crippen molar-refractivity contribution in [3.63, 3.8) is 0 Å². The summed E-state index contributed by atoms with van der Waals surface area (Å²) in [5, 5.41) is 54.4.